The van der Waals surface area contributed by atoms with Gasteiger partial charge in [-0.1, -0.05) is 42.5 Å². The summed E-state index contributed by atoms with van der Waals surface area (Å²) in [6, 6.07) is 19.8. The minimum absolute atomic E-state index is 0.343. The van der Waals surface area contributed by atoms with Crippen LogP contribution < -0.4 is 5.32 Å². The minimum Gasteiger partial charge on any atom is -0.349 e. The lowest BCUT2D eigenvalue weighted by molar-refractivity contribution is 0.451. The molecule has 1 aliphatic rings. The van der Waals surface area contributed by atoms with E-state index in [9.17, 15) is 0 Å². The molecule has 0 aliphatic carbocycles. The normalized spacial score (nSPS) is 21.4. The van der Waals surface area contributed by atoms with Crippen molar-refractivity contribution in [1.29, 1.82) is 0 Å². The van der Waals surface area contributed by atoms with Crippen LogP contribution in [0.3, 0.4) is 0 Å². The Labute approximate surface area is 118 Å². The average Bonchev–Trinajstić information content (AvgIpc) is 2.87. The highest BCUT2D eigenvalue weighted by molar-refractivity contribution is 5.79. The second kappa shape index (κ2) is 4.37. The Hall–Kier alpha value is -2.29. The summed E-state index contributed by atoms with van der Waals surface area (Å²) in [4.78, 5) is 4.73. The van der Waals surface area contributed by atoms with Crippen LogP contribution in [0.4, 0.5) is 5.95 Å². The largest absolute Gasteiger partial charge is 0.349 e. The number of para-hydroxylation sites is 2. The Bertz CT molecular complexity index is 745. The molecule has 1 N–H and O–H groups in total. The summed E-state index contributed by atoms with van der Waals surface area (Å²) in [5.41, 5.74) is 3.61. The van der Waals surface area contributed by atoms with E-state index < -0.39 is 0 Å². The molecule has 2 aromatic carbocycles. The molecule has 0 fully saturated rings. The summed E-state index contributed by atoms with van der Waals surface area (Å²) >= 11 is 0. The van der Waals surface area contributed by atoms with Crippen LogP contribution in [0.15, 0.2) is 54.6 Å². The summed E-state index contributed by atoms with van der Waals surface area (Å²) < 4.78 is 2.31. The van der Waals surface area contributed by atoms with E-state index in [4.69, 9.17) is 4.98 Å². The van der Waals surface area contributed by atoms with Crippen molar-refractivity contribution in [2.24, 2.45) is 0 Å². The highest BCUT2D eigenvalue weighted by Gasteiger charge is 2.26. The maximum absolute atomic E-state index is 4.73. The number of hydrogen-bond donors (Lipinski definition) is 1. The molecular formula is C17H17N3. The lowest BCUT2D eigenvalue weighted by Gasteiger charge is -2.31. The van der Waals surface area contributed by atoms with Gasteiger partial charge in [0.15, 0.2) is 0 Å². The van der Waals surface area contributed by atoms with Crippen LogP contribution in [0.2, 0.25) is 0 Å². The maximum atomic E-state index is 4.73. The second-order valence-corrected chi connectivity index (χ2v) is 5.49. The van der Waals surface area contributed by atoms with Crippen molar-refractivity contribution in [3.8, 4) is 0 Å². The van der Waals surface area contributed by atoms with Gasteiger partial charge in [-0.25, -0.2) is 4.98 Å². The van der Waals surface area contributed by atoms with E-state index in [2.05, 4.69) is 65.3 Å². The van der Waals surface area contributed by atoms with Gasteiger partial charge in [0.2, 0.25) is 5.95 Å². The average molecular weight is 263 g/mol. The molecule has 0 bridgehead atoms. The van der Waals surface area contributed by atoms with E-state index >= 15 is 0 Å². The summed E-state index contributed by atoms with van der Waals surface area (Å²) in [6.07, 6.45) is 1.08. The molecule has 0 saturated carbocycles. The third-order valence-electron chi connectivity index (χ3n) is 4.12. The molecule has 3 aromatic rings. The van der Waals surface area contributed by atoms with Crippen molar-refractivity contribution in [2.75, 3.05) is 5.32 Å². The number of hydrogen-bond acceptors (Lipinski definition) is 2. The Morgan fingerprint density at radius 1 is 1.05 bits per heavy atom. The smallest absolute Gasteiger partial charge is 0.204 e. The van der Waals surface area contributed by atoms with Crippen LogP contribution >= 0.6 is 0 Å². The number of aromatic nitrogens is 2. The van der Waals surface area contributed by atoms with Crippen LogP contribution in [0.1, 0.15) is 31.0 Å². The topological polar surface area (TPSA) is 29.9 Å². The van der Waals surface area contributed by atoms with Gasteiger partial charge in [-0.2, -0.15) is 0 Å². The molecule has 1 aliphatic heterocycles. The maximum Gasteiger partial charge on any atom is 0.204 e. The zero-order chi connectivity index (χ0) is 13.5. The Morgan fingerprint density at radius 3 is 2.65 bits per heavy atom. The molecule has 0 radical (unpaired) electrons. The van der Waals surface area contributed by atoms with Gasteiger partial charge < -0.3 is 9.88 Å². The van der Waals surface area contributed by atoms with Gasteiger partial charge in [-0.3, -0.25) is 0 Å². The van der Waals surface area contributed by atoms with Crippen molar-refractivity contribution >= 4 is 17.0 Å². The van der Waals surface area contributed by atoms with Crippen molar-refractivity contribution in [3.63, 3.8) is 0 Å². The first-order chi connectivity index (χ1) is 9.83. The molecular weight excluding hydrogens is 246 g/mol. The predicted molar refractivity (Wildman–Crippen MR) is 81.9 cm³/mol. The highest BCUT2D eigenvalue weighted by atomic mass is 15.3. The molecule has 3 heteroatoms. The second-order valence-electron chi connectivity index (χ2n) is 5.49. The highest BCUT2D eigenvalue weighted by Crippen LogP contribution is 2.37. The summed E-state index contributed by atoms with van der Waals surface area (Å²) in [5.74, 6) is 0.985. The monoisotopic (exact) mass is 263 g/mol. The van der Waals surface area contributed by atoms with Crippen LogP contribution in [0, 0.1) is 0 Å². The number of nitrogens with zero attached hydrogens (tertiary/aromatic N) is 2. The lowest BCUT2D eigenvalue weighted by Crippen LogP contribution is -2.25. The summed E-state index contributed by atoms with van der Waals surface area (Å²) in [5, 5.41) is 3.58. The van der Waals surface area contributed by atoms with Crippen LogP contribution in [0.25, 0.3) is 11.0 Å². The number of rotatable bonds is 1. The molecule has 0 saturated heterocycles. The zero-order valence-corrected chi connectivity index (χ0v) is 11.5. The predicted octanol–water partition coefficient (Wildman–Crippen LogP) is 4.15. The quantitative estimate of drug-likeness (QED) is 0.714. The molecule has 0 spiro atoms. The van der Waals surface area contributed by atoms with Crippen LogP contribution in [0.5, 0.6) is 0 Å². The van der Waals surface area contributed by atoms with E-state index in [1.807, 2.05) is 6.07 Å². The molecule has 4 rings (SSSR count). The van der Waals surface area contributed by atoms with Crippen molar-refractivity contribution in [2.45, 2.75) is 25.4 Å². The SMILES string of the molecule is C[C@@H]1C[C@@H](c2ccccc2)Nc2nc3ccccc3n21. The van der Waals surface area contributed by atoms with Gasteiger partial charge in [0.05, 0.1) is 17.1 Å². The summed E-state index contributed by atoms with van der Waals surface area (Å²) in [6.45, 7) is 2.27. The van der Waals surface area contributed by atoms with E-state index in [-0.39, 0.29) is 0 Å². The fourth-order valence-corrected chi connectivity index (χ4v) is 3.16. The van der Waals surface area contributed by atoms with Crippen molar-refractivity contribution < 1.29 is 0 Å². The van der Waals surface area contributed by atoms with Crippen molar-refractivity contribution in [1.82, 2.24) is 9.55 Å². The number of fused-ring (bicyclic) bond motifs is 3. The fraction of sp³-hybridized carbons (Fsp3) is 0.235. The molecule has 100 valence electrons. The van der Waals surface area contributed by atoms with E-state index in [0.717, 1.165) is 17.9 Å². The van der Waals surface area contributed by atoms with Gasteiger partial charge >= 0.3 is 0 Å². The first-order valence-corrected chi connectivity index (χ1v) is 7.11. The fourth-order valence-electron chi connectivity index (χ4n) is 3.16. The first-order valence-electron chi connectivity index (χ1n) is 7.11. The van der Waals surface area contributed by atoms with Crippen LogP contribution in [-0.4, -0.2) is 9.55 Å². The third kappa shape index (κ3) is 1.70. The molecule has 1 aromatic heterocycles. The lowest BCUT2D eigenvalue weighted by atomic mass is 9.98. The van der Waals surface area contributed by atoms with E-state index in [0.29, 0.717) is 12.1 Å². The van der Waals surface area contributed by atoms with Gasteiger partial charge in [0, 0.05) is 6.04 Å². The number of imidazole rings is 1. The van der Waals surface area contributed by atoms with Crippen LogP contribution in [-0.2, 0) is 0 Å². The van der Waals surface area contributed by atoms with Gasteiger partial charge in [0.1, 0.15) is 0 Å². The van der Waals surface area contributed by atoms with Gasteiger partial charge in [0.25, 0.3) is 0 Å². The molecule has 3 nitrogen and oxygen atoms in total. The third-order valence-corrected chi connectivity index (χ3v) is 4.12. The number of nitrogens with one attached hydrogen (secondary N) is 1. The molecule has 2 atom stereocenters. The Kier molecular flexibility index (Phi) is 2.52. The minimum atomic E-state index is 0.343. The first kappa shape index (κ1) is 11.5. The number of anilines is 1. The zero-order valence-electron chi connectivity index (χ0n) is 11.5. The van der Waals surface area contributed by atoms with E-state index in [1.165, 1.54) is 11.1 Å². The molecule has 0 amide bonds. The van der Waals surface area contributed by atoms with E-state index in [1.54, 1.807) is 0 Å². The molecule has 20 heavy (non-hydrogen) atoms. The number of benzene rings is 2. The summed E-state index contributed by atoms with van der Waals surface area (Å²) in [7, 11) is 0. The Morgan fingerprint density at radius 2 is 1.80 bits per heavy atom. The van der Waals surface area contributed by atoms with Gasteiger partial charge in [-0.15, -0.1) is 0 Å². The molecule has 0 unspecified atom stereocenters. The molecule has 2 heterocycles. The van der Waals surface area contributed by atoms with Gasteiger partial charge in [-0.05, 0) is 31.0 Å². The Balaban J connectivity index is 1.80. The van der Waals surface area contributed by atoms with Crippen molar-refractivity contribution in [3.05, 3.63) is 60.2 Å². The standard InChI is InChI=1S/C17H17N3/c1-12-11-15(13-7-3-2-4-8-13)19-17-18-14-9-5-6-10-16(14)20(12)17/h2-10,12,15H,11H2,1H3,(H,18,19)/t12-,15+/m1/s1.